The number of hydrogen-bond donors (Lipinski definition) is 1. The molecule has 1 saturated carbocycles. The van der Waals surface area contributed by atoms with E-state index in [0.29, 0.717) is 0 Å². The van der Waals surface area contributed by atoms with Crippen LogP contribution in [0.1, 0.15) is 51.5 Å². The lowest BCUT2D eigenvalue weighted by Crippen LogP contribution is -2.45. The molecule has 1 fully saturated rings. The van der Waals surface area contributed by atoms with E-state index in [-0.39, 0.29) is 5.54 Å². The van der Waals surface area contributed by atoms with Crippen LogP contribution in [0.25, 0.3) is 0 Å². The van der Waals surface area contributed by atoms with Crippen LogP contribution in [-0.4, -0.2) is 11.6 Å². The van der Waals surface area contributed by atoms with Gasteiger partial charge in [-0.2, -0.15) is 0 Å². The monoisotopic (exact) mass is 231 g/mol. The van der Waals surface area contributed by atoms with Crippen LogP contribution in [0, 0.1) is 0 Å². The van der Waals surface area contributed by atoms with Gasteiger partial charge >= 0.3 is 0 Å². The molecular formula is C16H25N. The summed E-state index contributed by atoms with van der Waals surface area (Å²) in [6.07, 6.45) is 7.95. The Balaban J connectivity index is 1.80. The summed E-state index contributed by atoms with van der Waals surface area (Å²) in [4.78, 5) is 0. The molecule has 0 heterocycles. The van der Waals surface area contributed by atoms with Crippen LogP contribution in [0.5, 0.6) is 0 Å². The van der Waals surface area contributed by atoms with E-state index in [2.05, 4.69) is 49.5 Å². The Morgan fingerprint density at radius 3 is 2.41 bits per heavy atom. The first kappa shape index (κ1) is 12.6. The van der Waals surface area contributed by atoms with E-state index in [4.69, 9.17) is 0 Å². The molecular weight excluding hydrogens is 206 g/mol. The zero-order valence-electron chi connectivity index (χ0n) is 11.2. The first-order valence-electron chi connectivity index (χ1n) is 6.97. The van der Waals surface area contributed by atoms with E-state index < -0.39 is 0 Å². The molecule has 17 heavy (non-hydrogen) atoms. The van der Waals surface area contributed by atoms with Gasteiger partial charge in [-0.05, 0) is 45.1 Å². The second-order valence-electron chi connectivity index (χ2n) is 6.00. The number of hydrogen-bond acceptors (Lipinski definition) is 1. The Kier molecular flexibility index (Phi) is 4.22. The van der Waals surface area contributed by atoms with Crippen molar-refractivity contribution in [2.24, 2.45) is 0 Å². The molecule has 0 aliphatic heterocycles. The number of benzene rings is 1. The van der Waals surface area contributed by atoms with Crippen LogP contribution in [0.2, 0.25) is 0 Å². The summed E-state index contributed by atoms with van der Waals surface area (Å²) in [7, 11) is 0. The summed E-state index contributed by atoms with van der Waals surface area (Å²) in [5.41, 5.74) is 1.72. The third-order valence-corrected chi connectivity index (χ3v) is 3.83. The van der Waals surface area contributed by atoms with Gasteiger partial charge in [-0.15, -0.1) is 0 Å². The highest BCUT2D eigenvalue weighted by atomic mass is 15.0. The molecule has 0 bridgehead atoms. The molecule has 0 spiro atoms. The zero-order chi connectivity index (χ0) is 12.1. The minimum absolute atomic E-state index is 0.269. The summed E-state index contributed by atoms with van der Waals surface area (Å²) in [5, 5.41) is 3.83. The maximum Gasteiger partial charge on any atom is 0.0130 e. The van der Waals surface area contributed by atoms with Gasteiger partial charge in [-0.1, -0.05) is 43.2 Å². The van der Waals surface area contributed by atoms with Crippen molar-refractivity contribution in [2.75, 3.05) is 0 Å². The minimum atomic E-state index is 0.269. The molecule has 2 rings (SSSR count). The molecule has 1 aliphatic rings. The van der Waals surface area contributed by atoms with Gasteiger partial charge in [0.1, 0.15) is 0 Å². The smallest absolute Gasteiger partial charge is 0.0130 e. The van der Waals surface area contributed by atoms with Crippen molar-refractivity contribution in [3.05, 3.63) is 35.9 Å². The van der Waals surface area contributed by atoms with Crippen molar-refractivity contribution >= 4 is 0 Å². The van der Waals surface area contributed by atoms with Gasteiger partial charge in [-0.3, -0.25) is 0 Å². The number of rotatable bonds is 5. The van der Waals surface area contributed by atoms with E-state index in [1.807, 2.05) is 0 Å². The fraction of sp³-hybridized carbons (Fsp3) is 0.625. The van der Waals surface area contributed by atoms with Gasteiger partial charge in [0, 0.05) is 11.6 Å². The summed E-state index contributed by atoms with van der Waals surface area (Å²) < 4.78 is 0. The van der Waals surface area contributed by atoms with Gasteiger partial charge in [0.15, 0.2) is 0 Å². The largest absolute Gasteiger partial charge is 0.309 e. The normalized spacial score (nSPS) is 17.5. The first-order chi connectivity index (χ1) is 8.16. The molecule has 1 aliphatic carbocycles. The quantitative estimate of drug-likeness (QED) is 0.809. The Morgan fingerprint density at radius 2 is 1.76 bits per heavy atom. The average molecular weight is 231 g/mol. The summed E-state index contributed by atoms with van der Waals surface area (Å²) in [6.45, 7) is 4.68. The molecule has 0 saturated heterocycles. The maximum absolute atomic E-state index is 3.83. The first-order valence-corrected chi connectivity index (χ1v) is 6.97. The third kappa shape index (κ3) is 4.16. The van der Waals surface area contributed by atoms with Crippen molar-refractivity contribution in [1.29, 1.82) is 0 Å². The number of nitrogens with one attached hydrogen (secondary N) is 1. The molecule has 0 atom stereocenters. The lowest BCUT2D eigenvalue weighted by molar-refractivity contribution is 0.315. The second kappa shape index (κ2) is 5.68. The topological polar surface area (TPSA) is 12.0 Å². The molecule has 1 heteroatoms. The van der Waals surface area contributed by atoms with Crippen molar-refractivity contribution in [2.45, 2.75) is 64.0 Å². The van der Waals surface area contributed by atoms with Gasteiger partial charge in [0.05, 0.1) is 0 Å². The van der Waals surface area contributed by atoms with Crippen molar-refractivity contribution < 1.29 is 0 Å². The maximum atomic E-state index is 3.83. The Bertz CT molecular complexity index is 323. The van der Waals surface area contributed by atoms with Gasteiger partial charge in [0.2, 0.25) is 0 Å². The summed E-state index contributed by atoms with van der Waals surface area (Å²) in [6, 6.07) is 11.6. The van der Waals surface area contributed by atoms with Crippen LogP contribution in [0.15, 0.2) is 30.3 Å². The molecule has 0 aromatic heterocycles. The number of aryl methyl sites for hydroxylation is 1. The summed E-state index contributed by atoms with van der Waals surface area (Å²) >= 11 is 0. The minimum Gasteiger partial charge on any atom is -0.309 e. The van der Waals surface area contributed by atoms with Gasteiger partial charge in [0.25, 0.3) is 0 Å². The Morgan fingerprint density at radius 1 is 1.12 bits per heavy atom. The standard InChI is InChI=1S/C16H25N/c1-16(2,17-15-10-6-7-11-15)13-12-14-8-4-3-5-9-14/h3-5,8-9,15,17H,6-7,10-13H2,1-2H3. The van der Waals surface area contributed by atoms with Gasteiger partial charge < -0.3 is 5.32 Å². The molecule has 1 N–H and O–H groups in total. The second-order valence-corrected chi connectivity index (χ2v) is 6.00. The van der Waals surface area contributed by atoms with Crippen LogP contribution in [-0.2, 0) is 6.42 Å². The predicted molar refractivity (Wildman–Crippen MR) is 74.2 cm³/mol. The summed E-state index contributed by atoms with van der Waals surface area (Å²) in [5.74, 6) is 0. The third-order valence-electron chi connectivity index (χ3n) is 3.83. The van der Waals surface area contributed by atoms with Crippen molar-refractivity contribution in [1.82, 2.24) is 5.32 Å². The van der Waals surface area contributed by atoms with E-state index in [0.717, 1.165) is 6.04 Å². The molecule has 1 aromatic carbocycles. The molecule has 1 aromatic rings. The Labute approximate surface area is 106 Å². The molecule has 1 nitrogen and oxygen atoms in total. The SMILES string of the molecule is CC(C)(CCc1ccccc1)NC1CCCC1. The fourth-order valence-corrected chi connectivity index (χ4v) is 2.80. The zero-order valence-corrected chi connectivity index (χ0v) is 11.2. The molecule has 0 amide bonds. The average Bonchev–Trinajstić information content (AvgIpc) is 2.80. The van der Waals surface area contributed by atoms with Crippen LogP contribution >= 0.6 is 0 Å². The lowest BCUT2D eigenvalue weighted by atomic mass is 9.94. The van der Waals surface area contributed by atoms with Crippen LogP contribution < -0.4 is 5.32 Å². The highest BCUT2D eigenvalue weighted by Crippen LogP contribution is 2.22. The van der Waals surface area contributed by atoms with Crippen LogP contribution in [0.3, 0.4) is 0 Å². The van der Waals surface area contributed by atoms with E-state index in [9.17, 15) is 0 Å². The highest BCUT2D eigenvalue weighted by molar-refractivity contribution is 5.15. The van der Waals surface area contributed by atoms with Crippen molar-refractivity contribution in [3.63, 3.8) is 0 Å². The molecule has 94 valence electrons. The molecule has 0 radical (unpaired) electrons. The van der Waals surface area contributed by atoms with Crippen molar-refractivity contribution in [3.8, 4) is 0 Å². The van der Waals surface area contributed by atoms with Gasteiger partial charge in [-0.25, -0.2) is 0 Å². The Hall–Kier alpha value is -0.820. The predicted octanol–water partition coefficient (Wildman–Crippen LogP) is 3.93. The lowest BCUT2D eigenvalue weighted by Gasteiger charge is -2.30. The van der Waals surface area contributed by atoms with E-state index >= 15 is 0 Å². The highest BCUT2D eigenvalue weighted by Gasteiger charge is 2.23. The van der Waals surface area contributed by atoms with Crippen LogP contribution in [0.4, 0.5) is 0 Å². The van der Waals surface area contributed by atoms with E-state index in [1.54, 1.807) is 0 Å². The fourth-order valence-electron chi connectivity index (χ4n) is 2.80. The van der Waals surface area contributed by atoms with E-state index in [1.165, 1.54) is 44.1 Å². The molecule has 0 unspecified atom stereocenters.